The Morgan fingerprint density at radius 3 is 2.70 bits per heavy atom. The minimum atomic E-state index is -0.847. The molecule has 0 fully saturated rings. The van der Waals surface area contributed by atoms with E-state index < -0.39 is 5.97 Å². The van der Waals surface area contributed by atoms with Gasteiger partial charge in [0.2, 0.25) is 0 Å². The fraction of sp³-hybridized carbons (Fsp3) is 0.333. The maximum absolute atomic E-state index is 13.3. The smallest absolute Gasteiger partial charge is 0.304 e. The van der Waals surface area contributed by atoms with Crippen molar-refractivity contribution in [1.29, 1.82) is 0 Å². The zero-order valence-electron chi connectivity index (χ0n) is 14.9. The molecule has 27 heavy (non-hydrogen) atoms. The molecule has 1 heterocycles. The van der Waals surface area contributed by atoms with Gasteiger partial charge in [0.15, 0.2) is 0 Å². The number of rotatable bonds is 4. The molecule has 0 aliphatic heterocycles. The molecular formula is C21H20ClNO4. The quantitative estimate of drug-likeness (QED) is 0.877. The van der Waals surface area contributed by atoms with E-state index in [1.54, 1.807) is 35.9 Å². The minimum absolute atomic E-state index is 0.0253. The van der Waals surface area contributed by atoms with E-state index >= 15 is 0 Å². The summed E-state index contributed by atoms with van der Waals surface area (Å²) in [4.78, 5) is 24.7. The molecular weight excluding hydrogens is 366 g/mol. The topological polar surface area (TPSA) is 68.5 Å². The van der Waals surface area contributed by atoms with Crippen molar-refractivity contribution in [3.05, 3.63) is 56.7 Å². The first-order valence-corrected chi connectivity index (χ1v) is 9.37. The van der Waals surface area contributed by atoms with Crippen LogP contribution in [0.15, 0.2) is 24.3 Å². The van der Waals surface area contributed by atoms with E-state index in [2.05, 4.69) is 6.08 Å². The molecule has 4 rings (SSSR count). The third-order valence-electron chi connectivity index (χ3n) is 5.44. The lowest BCUT2D eigenvalue weighted by Gasteiger charge is -2.15. The summed E-state index contributed by atoms with van der Waals surface area (Å²) >= 11 is 5.95. The molecule has 0 spiro atoms. The number of ether oxygens (including phenoxy) is 1. The van der Waals surface area contributed by atoms with Gasteiger partial charge in [-0.1, -0.05) is 17.7 Å². The van der Waals surface area contributed by atoms with Crippen LogP contribution >= 0.6 is 11.6 Å². The maximum Gasteiger partial charge on any atom is 0.304 e. The fourth-order valence-electron chi connectivity index (χ4n) is 4.21. The number of nitrogens with zero attached hydrogens (tertiary/aromatic N) is 1. The molecule has 0 radical (unpaired) electrons. The van der Waals surface area contributed by atoms with Crippen LogP contribution in [0.1, 0.15) is 46.8 Å². The number of carboxylic acids is 1. The third kappa shape index (κ3) is 3.11. The van der Waals surface area contributed by atoms with Crippen molar-refractivity contribution in [2.75, 3.05) is 7.11 Å². The molecule has 1 aromatic heterocycles. The molecule has 0 saturated carbocycles. The lowest BCUT2D eigenvalue weighted by molar-refractivity contribution is -0.137. The number of hydrogen-bond donors (Lipinski definition) is 1. The van der Waals surface area contributed by atoms with Crippen LogP contribution in [0.3, 0.4) is 0 Å². The molecule has 0 amide bonds. The summed E-state index contributed by atoms with van der Waals surface area (Å²) in [5.41, 5.74) is 2.45. The Kier molecular flexibility index (Phi) is 4.66. The van der Waals surface area contributed by atoms with Gasteiger partial charge in [-0.15, -0.1) is 0 Å². The van der Waals surface area contributed by atoms with Gasteiger partial charge in [0.05, 0.1) is 17.9 Å². The van der Waals surface area contributed by atoms with E-state index in [4.69, 9.17) is 16.3 Å². The number of methoxy groups -OCH3 is 1. The van der Waals surface area contributed by atoms with Crippen molar-refractivity contribution in [2.45, 2.75) is 37.7 Å². The third-order valence-corrected chi connectivity index (χ3v) is 5.69. The zero-order valence-corrected chi connectivity index (χ0v) is 15.7. The number of halogens is 1. The Hall–Kier alpha value is -2.37. The molecule has 0 saturated heterocycles. The second-order valence-electron chi connectivity index (χ2n) is 7.02. The first-order valence-electron chi connectivity index (χ1n) is 9.00. The van der Waals surface area contributed by atoms with E-state index in [1.165, 1.54) is 0 Å². The summed E-state index contributed by atoms with van der Waals surface area (Å²) < 4.78 is 7.20. The van der Waals surface area contributed by atoms with Crippen molar-refractivity contribution < 1.29 is 19.4 Å². The Balaban J connectivity index is 1.92. The number of carboxylic acid groups (broad SMARTS) is 1. The molecule has 2 aliphatic rings. The van der Waals surface area contributed by atoms with Crippen LogP contribution in [0.25, 0.3) is 12.2 Å². The number of carbonyl (C=O) groups is 2. The second-order valence-corrected chi connectivity index (χ2v) is 7.46. The Morgan fingerprint density at radius 1 is 1.30 bits per heavy atom. The lowest BCUT2D eigenvalue weighted by atomic mass is 10.0. The Bertz CT molecular complexity index is 1040. The van der Waals surface area contributed by atoms with Crippen LogP contribution in [-0.4, -0.2) is 34.8 Å². The van der Waals surface area contributed by atoms with E-state index in [0.717, 1.165) is 34.7 Å². The van der Waals surface area contributed by atoms with Gasteiger partial charge in [0.1, 0.15) is 0 Å². The van der Waals surface area contributed by atoms with Crippen LogP contribution in [0.4, 0.5) is 0 Å². The lowest BCUT2D eigenvalue weighted by Crippen LogP contribution is -2.39. The van der Waals surface area contributed by atoms with E-state index in [0.29, 0.717) is 17.0 Å². The Morgan fingerprint density at radius 2 is 2.04 bits per heavy atom. The molecule has 2 aliphatic carbocycles. The average molecular weight is 386 g/mol. The van der Waals surface area contributed by atoms with Gasteiger partial charge in [-0.05, 0) is 55.2 Å². The predicted molar refractivity (Wildman–Crippen MR) is 103 cm³/mol. The van der Waals surface area contributed by atoms with Crippen molar-refractivity contribution in [2.24, 2.45) is 0 Å². The minimum Gasteiger partial charge on any atom is -0.481 e. The average Bonchev–Trinajstić information content (AvgIpc) is 3.19. The summed E-state index contributed by atoms with van der Waals surface area (Å²) in [5, 5.41) is 11.7. The van der Waals surface area contributed by atoms with Crippen molar-refractivity contribution in [3.63, 3.8) is 0 Å². The van der Waals surface area contributed by atoms with E-state index in [1.807, 2.05) is 6.08 Å². The molecule has 2 unspecified atom stereocenters. The highest BCUT2D eigenvalue weighted by Crippen LogP contribution is 2.34. The number of aliphatic carboxylic acids is 1. The van der Waals surface area contributed by atoms with Gasteiger partial charge < -0.3 is 9.84 Å². The number of benzene rings is 1. The van der Waals surface area contributed by atoms with Gasteiger partial charge in [-0.3, -0.25) is 14.2 Å². The van der Waals surface area contributed by atoms with Crippen molar-refractivity contribution >= 4 is 35.6 Å². The maximum atomic E-state index is 13.3. The highest BCUT2D eigenvalue weighted by atomic mass is 35.5. The summed E-state index contributed by atoms with van der Waals surface area (Å²) in [5.74, 6) is -1.16. The van der Waals surface area contributed by atoms with Crippen LogP contribution in [0, 0.1) is 0 Å². The van der Waals surface area contributed by atoms with Gasteiger partial charge in [-0.25, -0.2) is 0 Å². The summed E-state index contributed by atoms with van der Waals surface area (Å²) in [7, 11) is 1.67. The molecule has 0 bridgehead atoms. The van der Waals surface area contributed by atoms with Crippen molar-refractivity contribution in [3.8, 4) is 0 Å². The van der Waals surface area contributed by atoms with Gasteiger partial charge in [-0.2, -0.15) is 0 Å². The molecule has 6 heteroatoms. The highest BCUT2D eigenvalue weighted by molar-refractivity contribution is 6.30. The molecule has 1 aromatic carbocycles. The highest BCUT2D eigenvalue weighted by Gasteiger charge is 2.33. The van der Waals surface area contributed by atoms with Crippen LogP contribution in [0.5, 0.6) is 0 Å². The number of carbonyl (C=O) groups excluding carboxylic acids is 1. The number of aromatic nitrogens is 1. The van der Waals surface area contributed by atoms with Crippen LogP contribution in [0.2, 0.25) is 5.02 Å². The fourth-order valence-corrected chi connectivity index (χ4v) is 4.33. The molecule has 140 valence electrons. The Labute approximate surface area is 161 Å². The molecule has 2 atom stereocenters. The SMILES string of the molecule is COC1C=c2c3c(n(C(=O)c4ccc(Cl)cc4)c2=CC1)C(CC(=O)O)CC3. The predicted octanol–water partition coefficient (Wildman–Crippen LogP) is 2.31. The number of hydrogen-bond acceptors (Lipinski definition) is 3. The van der Waals surface area contributed by atoms with Gasteiger partial charge in [0, 0.05) is 34.5 Å². The van der Waals surface area contributed by atoms with E-state index in [9.17, 15) is 14.7 Å². The number of fused-ring (bicyclic) bond motifs is 3. The van der Waals surface area contributed by atoms with Gasteiger partial charge >= 0.3 is 5.97 Å². The summed E-state index contributed by atoms with van der Waals surface area (Å²) in [6.07, 6.45) is 6.28. The van der Waals surface area contributed by atoms with Crippen LogP contribution < -0.4 is 10.6 Å². The standard InChI is InChI=1S/C21H20ClNO4/c1-27-15-7-9-18-17(11-15)16-8-4-13(10-19(24)25)20(16)23(18)21(26)12-2-5-14(22)6-3-12/h2-3,5-6,9,11,13,15H,4,7-8,10H2,1H3,(H,24,25). The van der Waals surface area contributed by atoms with Gasteiger partial charge in [0.25, 0.3) is 5.91 Å². The summed E-state index contributed by atoms with van der Waals surface area (Å²) in [6.45, 7) is 0. The molecule has 5 nitrogen and oxygen atoms in total. The monoisotopic (exact) mass is 385 g/mol. The zero-order chi connectivity index (χ0) is 19.1. The van der Waals surface area contributed by atoms with E-state index in [-0.39, 0.29) is 24.3 Å². The van der Waals surface area contributed by atoms with Crippen LogP contribution in [-0.2, 0) is 16.0 Å². The first kappa shape index (κ1) is 18.0. The largest absolute Gasteiger partial charge is 0.481 e. The molecule has 2 aromatic rings. The second kappa shape index (κ2) is 6.98. The molecule has 1 N–H and O–H groups in total. The summed E-state index contributed by atoms with van der Waals surface area (Å²) in [6, 6.07) is 6.79. The van der Waals surface area contributed by atoms with Crippen molar-refractivity contribution in [1.82, 2.24) is 4.57 Å². The first-order chi connectivity index (χ1) is 13.0. The normalized spacial score (nSPS) is 20.4.